The molecule has 0 aliphatic heterocycles. The van der Waals surface area contributed by atoms with E-state index in [4.69, 9.17) is 0 Å². The fourth-order valence-electron chi connectivity index (χ4n) is 1.66. The number of hydrogen-bond donors (Lipinski definition) is 0. The number of nitrogens with zero attached hydrogens (tertiary/aromatic N) is 3. The predicted octanol–water partition coefficient (Wildman–Crippen LogP) is 4.36. The van der Waals surface area contributed by atoms with Crippen LogP contribution in [0.2, 0.25) is 0 Å². The van der Waals surface area contributed by atoms with Gasteiger partial charge in [0.2, 0.25) is 0 Å². The summed E-state index contributed by atoms with van der Waals surface area (Å²) < 4.78 is 1.55. The van der Waals surface area contributed by atoms with Gasteiger partial charge in [-0.25, -0.2) is 0 Å². The van der Waals surface area contributed by atoms with E-state index >= 15 is 0 Å². The Balaban J connectivity index is -0.000000275. The Morgan fingerprint density at radius 2 is 1.19 bits per heavy atom. The van der Waals surface area contributed by atoms with E-state index in [1.54, 1.807) is 3.88 Å². The van der Waals surface area contributed by atoms with Crippen LogP contribution in [0.15, 0.2) is 59.6 Å². The average molecular weight is 396 g/mol. The molecule has 0 heterocycles. The first-order chi connectivity index (χ1) is 12.2. The van der Waals surface area contributed by atoms with Crippen LogP contribution in [0, 0.1) is 0 Å². The van der Waals surface area contributed by atoms with Crippen LogP contribution >= 0.6 is 0 Å². The summed E-state index contributed by atoms with van der Waals surface area (Å²) in [7, 11) is 12.1. The van der Waals surface area contributed by atoms with Crippen molar-refractivity contribution < 1.29 is 20.4 Å². The molecular weight excluding hydrogens is 354 g/mol. The molecule has 0 aromatic carbocycles. The average Bonchev–Trinajstić information content (AvgIpc) is 2.94. The predicted molar refractivity (Wildman–Crippen MR) is 117 cm³/mol. The van der Waals surface area contributed by atoms with Gasteiger partial charge in [0.15, 0.2) is 0 Å². The Bertz CT molecular complexity index is 374. The van der Waals surface area contributed by atoms with Gasteiger partial charge in [-0.05, 0) is 42.3 Å². The zero-order valence-corrected chi connectivity index (χ0v) is 19.9. The molecule has 0 aromatic heterocycles. The first-order valence-corrected chi connectivity index (χ1v) is 9.81. The fraction of sp³-hybridized carbons (Fsp3) is 0.545. The number of rotatable bonds is 7. The molecule has 1 rings (SSSR count). The molecule has 4 heteroatoms. The molecule has 1 aliphatic carbocycles. The van der Waals surface area contributed by atoms with Gasteiger partial charge in [-0.3, -0.25) is 0 Å². The van der Waals surface area contributed by atoms with Crippen LogP contribution in [0.4, 0.5) is 0 Å². The number of allylic oxidation sites excluding steroid dienone is 4. The number of likely N-dealkylation sites (N-methyl/N-ethyl adjacent to an activating group) is 3. The van der Waals surface area contributed by atoms with Crippen molar-refractivity contribution in [2.75, 3.05) is 61.9 Å². The maximum atomic E-state index is 3.56. The van der Waals surface area contributed by atoms with Crippen LogP contribution in [0.25, 0.3) is 0 Å². The van der Waals surface area contributed by atoms with Gasteiger partial charge >= 0.3 is 61.8 Å². The van der Waals surface area contributed by atoms with Gasteiger partial charge in [-0.2, -0.15) is 0 Å². The summed E-state index contributed by atoms with van der Waals surface area (Å²) >= 11 is 2.21. The molecule has 26 heavy (non-hydrogen) atoms. The Morgan fingerprint density at radius 3 is 1.27 bits per heavy atom. The second kappa shape index (κ2) is 22.3. The van der Waals surface area contributed by atoms with Crippen molar-refractivity contribution in [3.8, 4) is 0 Å². The first-order valence-electron chi connectivity index (χ1n) is 9.03. The SMILES string of the molecule is C=CCN(C)C.C=CCN(C)C.C=CCN(C)C.CCC1=[C]([Ti])CC=C1. The van der Waals surface area contributed by atoms with E-state index in [1.807, 2.05) is 60.5 Å². The third kappa shape index (κ3) is 28.1. The molecule has 3 nitrogen and oxygen atoms in total. The quantitative estimate of drug-likeness (QED) is 0.468. The minimum absolute atomic E-state index is 0.972. The molecular formula is C22H42N3Ti. The fourth-order valence-corrected chi connectivity index (χ4v) is 2.25. The van der Waals surface area contributed by atoms with Crippen molar-refractivity contribution in [3.63, 3.8) is 0 Å². The molecule has 0 unspecified atom stereocenters. The van der Waals surface area contributed by atoms with Gasteiger partial charge in [-0.1, -0.05) is 18.2 Å². The molecule has 0 fully saturated rings. The van der Waals surface area contributed by atoms with Crippen LogP contribution in [-0.4, -0.2) is 76.6 Å². The molecule has 149 valence electrons. The summed E-state index contributed by atoms with van der Waals surface area (Å²) in [4.78, 5) is 6.19. The van der Waals surface area contributed by atoms with Gasteiger partial charge in [-0.15, -0.1) is 19.7 Å². The summed E-state index contributed by atoms with van der Waals surface area (Å²) in [5.41, 5.74) is 1.53. The summed E-state index contributed by atoms with van der Waals surface area (Å²) in [5, 5.41) is 0. The second-order valence-corrected chi connectivity index (χ2v) is 7.56. The first kappa shape index (κ1) is 30.0. The van der Waals surface area contributed by atoms with Gasteiger partial charge in [0.05, 0.1) is 0 Å². The molecule has 0 saturated heterocycles. The van der Waals surface area contributed by atoms with Crippen molar-refractivity contribution in [2.24, 2.45) is 0 Å². The monoisotopic (exact) mass is 396 g/mol. The molecule has 0 aromatic rings. The van der Waals surface area contributed by atoms with Crippen molar-refractivity contribution in [1.29, 1.82) is 0 Å². The molecule has 0 saturated carbocycles. The normalized spacial score (nSPS) is 11.9. The van der Waals surface area contributed by atoms with E-state index < -0.39 is 0 Å². The summed E-state index contributed by atoms with van der Waals surface area (Å²) in [6, 6.07) is 0. The molecule has 1 aliphatic rings. The maximum absolute atomic E-state index is 3.56. The van der Waals surface area contributed by atoms with Gasteiger partial charge in [0.1, 0.15) is 0 Å². The third-order valence-corrected chi connectivity index (χ3v) is 3.71. The third-order valence-electron chi connectivity index (χ3n) is 2.89. The number of hydrogen-bond acceptors (Lipinski definition) is 3. The Morgan fingerprint density at radius 1 is 0.846 bits per heavy atom. The van der Waals surface area contributed by atoms with Crippen molar-refractivity contribution in [3.05, 3.63) is 59.6 Å². The van der Waals surface area contributed by atoms with Gasteiger partial charge in [0, 0.05) is 19.6 Å². The van der Waals surface area contributed by atoms with Crippen molar-refractivity contribution >= 4 is 0 Å². The van der Waals surface area contributed by atoms with Gasteiger partial charge < -0.3 is 14.7 Å². The van der Waals surface area contributed by atoms with Crippen LogP contribution in [-0.2, 0) is 20.4 Å². The molecule has 0 amide bonds. The molecule has 0 radical (unpaired) electrons. The summed E-state index contributed by atoms with van der Waals surface area (Å²) in [6.07, 6.45) is 12.5. The van der Waals surface area contributed by atoms with Crippen molar-refractivity contribution in [1.82, 2.24) is 14.7 Å². The van der Waals surface area contributed by atoms with Crippen LogP contribution in [0.1, 0.15) is 19.8 Å². The van der Waals surface area contributed by atoms with Gasteiger partial charge in [0.25, 0.3) is 0 Å². The Hall–Kier alpha value is -0.706. The topological polar surface area (TPSA) is 9.72 Å². The van der Waals surface area contributed by atoms with Crippen LogP contribution in [0.3, 0.4) is 0 Å². The van der Waals surface area contributed by atoms with E-state index in [0.29, 0.717) is 0 Å². The van der Waals surface area contributed by atoms with E-state index in [1.165, 1.54) is 18.4 Å². The van der Waals surface area contributed by atoms with E-state index in [2.05, 4.69) is 73.9 Å². The Kier molecular flexibility index (Phi) is 25.8. The summed E-state index contributed by atoms with van der Waals surface area (Å²) in [5.74, 6) is 0. The van der Waals surface area contributed by atoms with Crippen molar-refractivity contribution in [2.45, 2.75) is 19.8 Å². The molecule has 0 spiro atoms. The minimum atomic E-state index is 0.972. The molecule has 0 atom stereocenters. The second-order valence-electron chi connectivity index (χ2n) is 6.62. The zero-order valence-electron chi connectivity index (χ0n) is 18.4. The van der Waals surface area contributed by atoms with E-state index in [0.717, 1.165) is 19.6 Å². The summed E-state index contributed by atoms with van der Waals surface area (Å²) in [6.45, 7) is 15.8. The van der Waals surface area contributed by atoms with Crippen LogP contribution in [0.5, 0.6) is 0 Å². The Labute approximate surface area is 176 Å². The van der Waals surface area contributed by atoms with E-state index in [-0.39, 0.29) is 0 Å². The standard InChI is InChI=1S/C7H9.3C5H11N.Ti/c1-2-7-5-3-4-6-7;3*1-4-5-6(2)3;/h3,5H,2,4H2,1H3;3*4H,1,5H2,2-3H3;. The zero-order chi connectivity index (χ0) is 21.0. The van der Waals surface area contributed by atoms with E-state index in [9.17, 15) is 0 Å². The molecule has 0 N–H and O–H groups in total. The molecule has 0 bridgehead atoms. The van der Waals surface area contributed by atoms with Crippen LogP contribution < -0.4 is 0 Å².